The molecule has 0 spiro atoms. The molecule has 1 fully saturated rings. The molecule has 0 aromatic heterocycles. The lowest BCUT2D eigenvalue weighted by atomic mass is 9.78. The van der Waals surface area contributed by atoms with Crippen molar-refractivity contribution in [3.63, 3.8) is 0 Å². The summed E-state index contributed by atoms with van der Waals surface area (Å²) in [6.45, 7) is 4.57. The normalized spacial score (nSPS) is 26.1. The van der Waals surface area contributed by atoms with Crippen LogP contribution in [0, 0.1) is 11.8 Å². The average molecular weight is 340 g/mol. The smallest absolute Gasteiger partial charge is 0.258 e. The number of benzene rings is 1. The Bertz CT molecular complexity index is 464. The maximum Gasteiger partial charge on any atom is 0.258 e. The van der Waals surface area contributed by atoms with E-state index in [-0.39, 0.29) is 18.6 Å². The maximum absolute atomic E-state index is 12.0. The zero-order chi connectivity index (χ0) is 14.5. The number of rotatable bonds is 4. The van der Waals surface area contributed by atoms with E-state index in [2.05, 4.69) is 35.1 Å². The molecule has 0 saturated heterocycles. The van der Waals surface area contributed by atoms with Crippen molar-refractivity contribution in [2.24, 2.45) is 11.8 Å². The lowest BCUT2D eigenvalue weighted by Gasteiger charge is -2.34. The number of hydrogen-bond donors (Lipinski definition) is 1. The van der Waals surface area contributed by atoms with Crippen molar-refractivity contribution < 1.29 is 9.53 Å². The molecular formula is C16H22BrNO2. The van der Waals surface area contributed by atoms with Crippen LogP contribution in [-0.4, -0.2) is 18.6 Å². The lowest BCUT2D eigenvalue weighted by molar-refractivity contribution is -0.124. The van der Waals surface area contributed by atoms with Gasteiger partial charge in [-0.1, -0.05) is 48.7 Å². The fraction of sp³-hybridized carbons (Fsp3) is 0.562. The highest BCUT2D eigenvalue weighted by molar-refractivity contribution is 9.10. The predicted octanol–water partition coefficient (Wildman–Crippen LogP) is 3.77. The minimum absolute atomic E-state index is 0.0316. The van der Waals surface area contributed by atoms with E-state index in [1.54, 1.807) is 0 Å². The summed E-state index contributed by atoms with van der Waals surface area (Å²) >= 11 is 3.38. The molecule has 20 heavy (non-hydrogen) atoms. The summed E-state index contributed by atoms with van der Waals surface area (Å²) in [6.07, 6.45) is 3.54. The van der Waals surface area contributed by atoms with E-state index in [1.165, 1.54) is 12.8 Å². The van der Waals surface area contributed by atoms with Crippen LogP contribution in [0.4, 0.5) is 0 Å². The second-order valence-electron chi connectivity index (χ2n) is 5.69. The molecular weight excluding hydrogens is 318 g/mol. The monoisotopic (exact) mass is 339 g/mol. The Morgan fingerprint density at radius 1 is 1.40 bits per heavy atom. The third-order valence-electron chi connectivity index (χ3n) is 4.22. The molecule has 4 heteroatoms. The molecule has 1 amide bonds. The van der Waals surface area contributed by atoms with Crippen LogP contribution < -0.4 is 10.1 Å². The molecule has 1 aliphatic rings. The molecule has 0 bridgehead atoms. The van der Waals surface area contributed by atoms with Crippen LogP contribution in [0.15, 0.2) is 28.7 Å². The zero-order valence-electron chi connectivity index (χ0n) is 12.1. The first-order valence-corrected chi connectivity index (χ1v) is 8.03. The van der Waals surface area contributed by atoms with Crippen molar-refractivity contribution in [1.82, 2.24) is 5.32 Å². The number of carbonyl (C=O) groups is 1. The Hall–Kier alpha value is -1.03. The van der Waals surface area contributed by atoms with Gasteiger partial charge in [0.05, 0.1) is 0 Å². The van der Waals surface area contributed by atoms with Crippen LogP contribution in [0.2, 0.25) is 0 Å². The van der Waals surface area contributed by atoms with Crippen molar-refractivity contribution in [1.29, 1.82) is 0 Å². The summed E-state index contributed by atoms with van der Waals surface area (Å²) in [4.78, 5) is 12.0. The summed E-state index contributed by atoms with van der Waals surface area (Å²) in [5.74, 6) is 1.90. The zero-order valence-corrected chi connectivity index (χ0v) is 13.7. The van der Waals surface area contributed by atoms with E-state index in [9.17, 15) is 4.79 Å². The van der Waals surface area contributed by atoms with E-state index in [4.69, 9.17) is 4.74 Å². The first kappa shape index (κ1) is 15.4. The summed E-state index contributed by atoms with van der Waals surface area (Å²) in [5.41, 5.74) is 0. The Labute approximate surface area is 129 Å². The van der Waals surface area contributed by atoms with Gasteiger partial charge >= 0.3 is 0 Å². The van der Waals surface area contributed by atoms with Crippen molar-refractivity contribution >= 4 is 21.8 Å². The van der Waals surface area contributed by atoms with Crippen LogP contribution in [0.5, 0.6) is 5.75 Å². The van der Waals surface area contributed by atoms with Gasteiger partial charge in [-0.25, -0.2) is 0 Å². The van der Waals surface area contributed by atoms with Gasteiger partial charge in [0.1, 0.15) is 5.75 Å². The molecule has 1 N–H and O–H groups in total. The van der Waals surface area contributed by atoms with Crippen LogP contribution >= 0.6 is 15.9 Å². The van der Waals surface area contributed by atoms with Gasteiger partial charge in [0, 0.05) is 10.5 Å². The van der Waals surface area contributed by atoms with E-state index >= 15 is 0 Å². The summed E-state index contributed by atoms with van der Waals surface area (Å²) in [6, 6.07) is 7.82. The fourth-order valence-corrected chi connectivity index (χ4v) is 3.12. The molecule has 1 saturated carbocycles. The third-order valence-corrected chi connectivity index (χ3v) is 4.71. The van der Waals surface area contributed by atoms with Gasteiger partial charge in [-0.3, -0.25) is 4.79 Å². The molecule has 110 valence electrons. The minimum atomic E-state index is -0.0316. The molecule has 1 aromatic carbocycles. The Morgan fingerprint density at radius 3 is 2.95 bits per heavy atom. The van der Waals surface area contributed by atoms with Gasteiger partial charge in [-0.05, 0) is 36.5 Å². The number of amides is 1. The molecule has 3 atom stereocenters. The highest BCUT2D eigenvalue weighted by Crippen LogP contribution is 2.29. The maximum atomic E-state index is 12.0. The van der Waals surface area contributed by atoms with Crippen molar-refractivity contribution in [3.05, 3.63) is 28.7 Å². The van der Waals surface area contributed by atoms with Gasteiger partial charge in [-0.2, -0.15) is 0 Å². The fourth-order valence-electron chi connectivity index (χ4n) is 2.74. The molecule has 0 radical (unpaired) electrons. The average Bonchev–Trinajstić information content (AvgIpc) is 2.42. The number of nitrogens with one attached hydrogen (secondary N) is 1. The van der Waals surface area contributed by atoms with E-state index in [0.29, 0.717) is 17.6 Å². The first-order chi connectivity index (χ1) is 9.56. The number of hydrogen-bond acceptors (Lipinski definition) is 2. The second kappa shape index (κ2) is 7.11. The van der Waals surface area contributed by atoms with Gasteiger partial charge in [0.25, 0.3) is 5.91 Å². The molecule has 3 nitrogen and oxygen atoms in total. The summed E-state index contributed by atoms with van der Waals surface area (Å²) in [7, 11) is 0. The van der Waals surface area contributed by atoms with Crippen molar-refractivity contribution in [3.8, 4) is 5.75 Å². The predicted molar refractivity (Wildman–Crippen MR) is 83.7 cm³/mol. The minimum Gasteiger partial charge on any atom is -0.484 e. The Morgan fingerprint density at radius 2 is 2.20 bits per heavy atom. The molecule has 3 unspecified atom stereocenters. The van der Waals surface area contributed by atoms with E-state index < -0.39 is 0 Å². The largest absolute Gasteiger partial charge is 0.484 e. The highest BCUT2D eigenvalue weighted by Gasteiger charge is 2.28. The number of ether oxygens (including phenoxy) is 1. The summed E-state index contributed by atoms with van der Waals surface area (Å²) in [5, 5.41) is 3.11. The molecule has 2 rings (SSSR count). The molecule has 0 heterocycles. The second-order valence-corrected chi connectivity index (χ2v) is 6.60. The van der Waals surface area contributed by atoms with Gasteiger partial charge in [0.15, 0.2) is 6.61 Å². The molecule has 1 aliphatic carbocycles. The number of carbonyl (C=O) groups excluding carboxylic acids is 1. The van der Waals surface area contributed by atoms with E-state index in [0.717, 1.165) is 10.9 Å². The third kappa shape index (κ3) is 4.23. The van der Waals surface area contributed by atoms with Crippen LogP contribution in [0.1, 0.15) is 33.1 Å². The van der Waals surface area contributed by atoms with Gasteiger partial charge < -0.3 is 10.1 Å². The lowest BCUT2D eigenvalue weighted by Crippen LogP contribution is -2.45. The van der Waals surface area contributed by atoms with Crippen LogP contribution in [0.3, 0.4) is 0 Å². The Kier molecular flexibility index (Phi) is 5.46. The first-order valence-electron chi connectivity index (χ1n) is 7.24. The van der Waals surface area contributed by atoms with Gasteiger partial charge in [-0.15, -0.1) is 0 Å². The highest BCUT2D eigenvalue weighted by atomic mass is 79.9. The summed E-state index contributed by atoms with van der Waals surface area (Å²) < 4.78 is 6.46. The topological polar surface area (TPSA) is 38.3 Å². The Balaban J connectivity index is 1.80. The van der Waals surface area contributed by atoms with Crippen LogP contribution in [-0.2, 0) is 4.79 Å². The standard InChI is InChI=1S/C16H22BrNO2/c1-11-5-3-8-15(12(11)2)18-16(19)10-20-14-7-4-6-13(17)9-14/h4,6-7,9,11-12,15H,3,5,8,10H2,1-2H3,(H,18,19). The quantitative estimate of drug-likeness (QED) is 0.906. The van der Waals surface area contributed by atoms with E-state index in [1.807, 2.05) is 24.3 Å². The van der Waals surface area contributed by atoms with Crippen molar-refractivity contribution in [2.45, 2.75) is 39.2 Å². The van der Waals surface area contributed by atoms with Gasteiger partial charge in [0.2, 0.25) is 0 Å². The number of halogens is 1. The molecule has 1 aromatic rings. The SMILES string of the molecule is CC1CCCC(NC(=O)COc2cccc(Br)c2)C1C. The molecule has 0 aliphatic heterocycles. The van der Waals surface area contributed by atoms with Crippen molar-refractivity contribution in [2.75, 3.05) is 6.61 Å². The van der Waals surface area contributed by atoms with Crippen LogP contribution in [0.25, 0.3) is 0 Å².